The van der Waals surface area contributed by atoms with Crippen molar-refractivity contribution in [2.75, 3.05) is 18.1 Å². The molecular weight excluding hydrogens is 224 g/mol. The predicted molar refractivity (Wildman–Crippen MR) is 66.9 cm³/mol. The van der Waals surface area contributed by atoms with E-state index < -0.39 is 6.10 Å². The van der Waals surface area contributed by atoms with Crippen LogP contribution in [0.4, 0.5) is 10.5 Å². The number of hydrogen-bond acceptors (Lipinski definition) is 3. The molecule has 1 aromatic rings. The number of aliphatic hydroxyl groups excluding tert-OH is 1. The molecule has 1 atom stereocenters. The molecule has 88 valence electrons. The Kier molecular flexibility index (Phi) is 5.14. The first-order valence-electron chi connectivity index (χ1n) is 4.99. The van der Waals surface area contributed by atoms with Gasteiger partial charge >= 0.3 is 6.03 Å². The monoisotopic (exact) mass is 240 g/mol. The molecule has 0 aromatic heterocycles. The van der Waals surface area contributed by atoms with E-state index in [1.165, 1.54) is 0 Å². The lowest BCUT2D eigenvalue weighted by atomic mass is 10.3. The summed E-state index contributed by atoms with van der Waals surface area (Å²) in [6, 6.07) is 7.25. The number of carbonyl (C=O) groups excluding carboxylic acids is 1. The molecule has 4 nitrogen and oxygen atoms in total. The van der Waals surface area contributed by atoms with E-state index in [1.54, 1.807) is 18.7 Å². The third-order valence-electron chi connectivity index (χ3n) is 1.91. The highest BCUT2D eigenvalue weighted by molar-refractivity contribution is 7.98. The summed E-state index contributed by atoms with van der Waals surface area (Å²) >= 11 is 1.65. The highest BCUT2D eigenvalue weighted by Crippen LogP contribution is 2.17. The van der Waals surface area contributed by atoms with Gasteiger partial charge in [0, 0.05) is 17.1 Å². The predicted octanol–water partition coefficient (Wildman–Crippen LogP) is 1.91. The summed E-state index contributed by atoms with van der Waals surface area (Å²) in [6.45, 7) is 1.86. The van der Waals surface area contributed by atoms with Crippen LogP contribution in [0.3, 0.4) is 0 Å². The Bertz CT molecular complexity index is 338. The lowest BCUT2D eigenvalue weighted by Gasteiger charge is -2.09. The minimum Gasteiger partial charge on any atom is -0.392 e. The quantitative estimate of drug-likeness (QED) is 0.704. The summed E-state index contributed by atoms with van der Waals surface area (Å²) in [5.74, 6) is 0. The third kappa shape index (κ3) is 4.55. The molecule has 0 fully saturated rings. The molecule has 2 amide bonds. The molecule has 0 aliphatic heterocycles. The summed E-state index contributed by atoms with van der Waals surface area (Å²) in [5, 5.41) is 14.2. The number of hydrogen-bond donors (Lipinski definition) is 3. The Balaban J connectivity index is 2.43. The van der Waals surface area contributed by atoms with Crippen molar-refractivity contribution in [1.29, 1.82) is 0 Å². The zero-order valence-corrected chi connectivity index (χ0v) is 10.2. The molecule has 0 saturated carbocycles. The summed E-state index contributed by atoms with van der Waals surface area (Å²) in [7, 11) is 0. The molecule has 0 spiro atoms. The third-order valence-corrected chi connectivity index (χ3v) is 2.65. The van der Waals surface area contributed by atoms with Gasteiger partial charge in [0.25, 0.3) is 0 Å². The highest BCUT2D eigenvalue weighted by atomic mass is 32.2. The Morgan fingerprint density at radius 2 is 2.06 bits per heavy atom. The van der Waals surface area contributed by atoms with E-state index in [9.17, 15) is 4.79 Å². The molecule has 0 saturated heterocycles. The van der Waals surface area contributed by atoms with E-state index in [0.29, 0.717) is 0 Å². The largest absolute Gasteiger partial charge is 0.392 e. The lowest BCUT2D eigenvalue weighted by Crippen LogP contribution is -2.34. The average molecular weight is 240 g/mol. The summed E-state index contributed by atoms with van der Waals surface area (Å²) in [4.78, 5) is 12.5. The molecular formula is C11H16N2O2S. The summed E-state index contributed by atoms with van der Waals surface area (Å²) in [5.41, 5.74) is 0.737. The lowest BCUT2D eigenvalue weighted by molar-refractivity contribution is 0.190. The van der Waals surface area contributed by atoms with Crippen LogP contribution >= 0.6 is 11.8 Å². The van der Waals surface area contributed by atoms with Crippen LogP contribution in [0.2, 0.25) is 0 Å². The molecule has 0 aliphatic rings. The van der Waals surface area contributed by atoms with E-state index in [4.69, 9.17) is 5.11 Å². The summed E-state index contributed by atoms with van der Waals surface area (Å²) in [6.07, 6.45) is 1.46. The van der Waals surface area contributed by atoms with Crippen LogP contribution in [0.5, 0.6) is 0 Å². The van der Waals surface area contributed by atoms with Crippen molar-refractivity contribution in [1.82, 2.24) is 5.32 Å². The number of benzene rings is 1. The van der Waals surface area contributed by atoms with Crippen molar-refractivity contribution >= 4 is 23.5 Å². The van der Waals surface area contributed by atoms with Crippen molar-refractivity contribution < 1.29 is 9.90 Å². The zero-order chi connectivity index (χ0) is 12.0. The molecule has 0 bridgehead atoms. The van der Waals surface area contributed by atoms with Crippen LogP contribution < -0.4 is 10.6 Å². The second-order valence-corrected chi connectivity index (χ2v) is 4.29. The molecule has 0 radical (unpaired) electrons. The summed E-state index contributed by atoms with van der Waals surface area (Å²) < 4.78 is 0. The number of urea groups is 1. The maximum atomic E-state index is 11.3. The van der Waals surface area contributed by atoms with Crippen LogP contribution in [0, 0.1) is 0 Å². The maximum Gasteiger partial charge on any atom is 0.319 e. The van der Waals surface area contributed by atoms with Gasteiger partial charge in [-0.1, -0.05) is 0 Å². The number of aliphatic hydroxyl groups is 1. The fraction of sp³-hybridized carbons (Fsp3) is 0.364. The molecule has 0 heterocycles. The van der Waals surface area contributed by atoms with Crippen molar-refractivity contribution in [3.05, 3.63) is 24.3 Å². The van der Waals surface area contributed by atoms with Crippen molar-refractivity contribution in [2.45, 2.75) is 17.9 Å². The second kappa shape index (κ2) is 6.40. The minimum absolute atomic E-state index is 0.245. The number of rotatable bonds is 4. The van der Waals surface area contributed by atoms with Crippen LogP contribution in [-0.2, 0) is 0 Å². The van der Waals surface area contributed by atoms with Gasteiger partial charge < -0.3 is 15.7 Å². The number of anilines is 1. The normalized spacial score (nSPS) is 11.9. The number of thioether (sulfide) groups is 1. The number of carbonyl (C=O) groups is 1. The average Bonchev–Trinajstić information content (AvgIpc) is 2.27. The van der Waals surface area contributed by atoms with Crippen LogP contribution in [0.1, 0.15) is 6.92 Å². The fourth-order valence-corrected chi connectivity index (χ4v) is 1.50. The highest BCUT2D eigenvalue weighted by Gasteiger charge is 2.02. The topological polar surface area (TPSA) is 61.4 Å². The van der Waals surface area contributed by atoms with Gasteiger partial charge in [0.2, 0.25) is 0 Å². The first-order valence-corrected chi connectivity index (χ1v) is 6.21. The smallest absolute Gasteiger partial charge is 0.319 e. The molecule has 16 heavy (non-hydrogen) atoms. The van der Waals surface area contributed by atoms with E-state index in [0.717, 1.165) is 10.6 Å². The SMILES string of the molecule is CSc1ccc(NC(=O)NCC(C)O)cc1. The fourth-order valence-electron chi connectivity index (χ4n) is 1.09. The zero-order valence-electron chi connectivity index (χ0n) is 9.36. The molecule has 1 aromatic carbocycles. The molecule has 0 aliphatic carbocycles. The van der Waals surface area contributed by atoms with Gasteiger partial charge in [0.15, 0.2) is 0 Å². The van der Waals surface area contributed by atoms with Gasteiger partial charge in [-0.25, -0.2) is 4.79 Å². The van der Waals surface area contributed by atoms with E-state index in [-0.39, 0.29) is 12.6 Å². The van der Waals surface area contributed by atoms with Crippen molar-refractivity contribution in [2.24, 2.45) is 0 Å². The molecule has 1 unspecified atom stereocenters. The van der Waals surface area contributed by atoms with Gasteiger partial charge in [0.1, 0.15) is 0 Å². The Morgan fingerprint density at radius 1 is 1.44 bits per heavy atom. The van der Waals surface area contributed by atoms with Crippen molar-refractivity contribution in [3.63, 3.8) is 0 Å². The van der Waals surface area contributed by atoms with E-state index >= 15 is 0 Å². The van der Waals surface area contributed by atoms with Crippen molar-refractivity contribution in [3.8, 4) is 0 Å². The van der Waals surface area contributed by atoms with E-state index in [2.05, 4.69) is 10.6 Å². The minimum atomic E-state index is -0.537. The van der Waals surface area contributed by atoms with E-state index in [1.807, 2.05) is 30.5 Å². The molecule has 5 heteroatoms. The molecule has 3 N–H and O–H groups in total. The number of amides is 2. The second-order valence-electron chi connectivity index (χ2n) is 3.41. The first-order chi connectivity index (χ1) is 7.61. The maximum absolute atomic E-state index is 11.3. The van der Waals surface area contributed by atoms with Crippen LogP contribution in [0.25, 0.3) is 0 Å². The van der Waals surface area contributed by atoms with Gasteiger partial charge in [-0.05, 0) is 37.4 Å². The standard InChI is InChI=1S/C11H16N2O2S/c1-8(14)7-12-11(15)13-9-3-5-10(16-2)6-4-9/h3-6,8,14H,7H2,1-2H3,(H2,12,13,15). The Labute approximate surface area is 99.4 Å². The van der Waals surface area contributed by atoms with Crippen LogP contribution in [0.15, 0.2) is 29.2 Å². The number of nitrogens with one attached hydrogen (secondary N) is 2. The van der Waals surface area contributed by atoms with Gasteiger partial charge in [0.05, 0.1) is 6.10 Å². The Hall–Kier alpha value is -1.20. The molecule has 1 rings (SSSR count). The van der Waals surface area contributed by atoms with Crippen LogP contribution in [-0.4, -0.2) is 30.0 Å². The van der Waals surface area contributed by atoms with Gasteiger partial charge in [-0.2, -0.15) is 0 Å². The first kappa shape index (κ1) is 12.9. The van der Waals surface area contributed by atoms with Gasteiger partial charge in [-0.15, -0.1) is 11.8 Å². The van der Waals surface area contributed by atoms with Gasteiger partial charge in [-0.3, -0.25) is 0 Å². The Morgan fingerprint density at radius 3 is 2.56 bits per heavy atom.